The fraction of sp³-hybridized carbons (Fsp3) is 0.0714. The van der Waals surface area contributed by atoms with Gasteiger partial charge in [0.25, 0.3) is 5.91 Å². The molecule has 2 rings (SSSR count). The van der Waals surface area contributed by atoms with Gasteiger partial charge in [0.05, 0.1) is 11.6 Å². The standard InChI is InChI=1S/C14H9N3O/c1-9-10(2)17(14(18)13(9)8-16)12-5-3-11(7-15)4-6-12/h3-6H,2H2,1H3. The van der Waals surface area contributed by atoms with Crippen LogP contribution in [0.2, 0.25) is 0 Å². The molecule has 1 aliphatic heterocycles. The Morgan fingerprint density at radius 1 is 1.17 bits per heavy atom. The molecule has 0 unspecified atom stereocenters. The minimum atomic E-state index is -0.371. The third-order valence-electron chi connectivity index (χ3n) is 2.86. The quantitative estimate of drug-likeness (QED) is 0.749. The van der Waals surface area contributed by atoms with Gasteiger partial charge < -0.3 is 0 Å². The van der Waals surface area contributed by atoms with Gasteiger partial charge in [0.1, 0.15) is 11.6 Å². The lowest BCUT2D eigenvalue weighted by molar-refractivity contribution is -0.113. The number of carbonyl (C=O) groups is 1. The average molecular weight is 235 g/mol. The van der Waals surface area contributed by atoms with E-state index < -0.39 is 0 Å². The summed E-state index contributed by atoms with van der Waals surface area (Å²) in [6.07, 6.45) is 0. The van der Waals surface area contributed by atoms with Crippen LogP contribution in [0.3, 0.4) is 0 Å². The van der Waals surface area contributed by atoms with Crippen LogP contribution >= 0.6 is 0 Å². The first-order valence-electron chi connectivity index (χ1n) is 5.25. The topological polar surface area (TPSA) is 67.9 Å². The van der Waals surface area contributed by atoms with Crippen molar-refractivity contribution in [2.24, 2.45) is 0 Å². The molecule has 0 fully saturated rings. The van der Waals surface area contributed by atoms with Crippen LogP contribution in [0.25, 0.3) is 0 Å². The van der Waals surface area contributed by atoms with E-state index in [1.807, 2.05) is 12.1 Å². The fourth-order valence-electron chi connectivity index (χ4n) is 1.80. The summed E-state index contributed by atoms with van der Waals surface area (Å²) in [6, 6.07) is 10.5. The van der Waals surface area contributed by atoms with Crippen molar-refractivity contribution in [1.82, 2.24) is 0 Å². The van der Waals surface area contributed by atoms with E-state index in [-0.39, 0.29) is 11.5 Å². The summed E-state index contributed by atoms with van der Waals surface area (Å²) in [7, 11) is 0. The third-order valence-corrected chi connectivity index (χ3v) is 2.86. The third kappa shape index (κ3) is 1.57. The molecule has 4 nitrogen and oxygen atoms in total. The number of hydrogen-bond donors (Lipinski definition) is 0. The molecule has 0 atom stereocenters. The Morgan fingerprint density at radius 2 is 1.78 bits per heavy atom. The van der Waals surface area contributed by atoms with Gasteiger partial charge in [-0.15, -0.1) is 0 Å². The zero-order valence-corrected chi connectivity index (χ0v) is 9.77. The molecule has 0 saturated heterocycles. The zero-order chi connectivity index (χ0) is 13.3. The maximum Gasteiger partial charge on any atom is 0.273 e. The highest BCUT2D eigenvalue weighted by atomic mass is 16.2. The molecule has 1 aromatic rings. The molecule has 0 spiro atoms. The van der Waals surface area contributed by atoms with E-state index in [0.717, 1.165) is 0 Å². The molecule has 1 aliphatic rings. The number of allylic oxidation sites excluding steroid dienone is 1. The summed E-state index contributed by atoms with van der Waals surface area (Å²) >= 11 is 0. The summed E-state index contributed by atoms with van der Waals surface area (Å²) in [5, 5.41) is 17.7. The van der Waals surface area contributed by atoms with Gasteiger partial charge in [-0.2, -0.15) is 10.5 Å². The van der Waals surface area contributed by atoms with E-state index in [1.54, 1.807) is 31.2 Å². The Kier molecular flexibility index (Phi) is 2.71. The van der Waals surface area contributed by atoms with Crippen molar-refractivity contribution in [3.05, 3.63) is 53.3 Å². The number of amides is 1. The lowest BCUT2D eigenvalue weighted by atomic mass is 10.2. The van der Waals surface area contributed by atoms with Gasteiger partial charge in [-0.25, -0.2) is 0 Å². The molecule has 18 heavy (non-hydrogen) atoms. The number of rotatable bonds is 1. The molecule has 1 aromatic carbocycles. The Hall–Kier alpha value is -2.85. The van der Waals surface area contributed by atoms with Crippen LogP contribution in [0.1, 0.15) is 12.5 Å². The largest absolute Gasteiger partial charge is 0.277 e. The Bertz CT molecular complexity index is 654. The SMILES string of the molecule is C=C1C(C)=C(C#N)C(=O)N1c1ccc(C#N)cc1. The molecule has 86 valence electrons. The summed E-state index contributed by atoms with van der Waals surface area (Å²) in [6.45, 7) is 5.51. The molecule has 0 aromatic heterocycles. The lowest BCUT2D eigenvalue weighted by Gasteiger charge is -2.18. The maximum absolute atomic E-state index is 12.0. The van der Waals surface area contributed by atoms with E-state index in [2.05, 4.69) is 6.58 Å². The van der Waals surface area contributed by atoms with E-state index >= 15 is 0 Å². The highest BCUT2D eigenvalue weighted by Crippen LogP contribution is 2.32. The van der Waals surface area contributed by atoms with E-state index in [0.29, 0.717) is 22.5 Å². The number of nitrogens with zero attached hydrogens (tertiary/aromatic N) is 3. The van der Waals surface area contributed by atoms with Crippen LogP contribution in [-0.4, -0.2) is 5.91 Å². The van der Waals surface area contributed by atoms with E-state index in [1.165, 1.54) is 4.90 Å². The second-order valence-corrected chi connectivity index (χ2v) is 3.86. The van der Waals surface area contributed by atoms with Crippen molar-refractivity contribution >= 4 is 11.6 Å². The van der Waals surface area contributed by atoms with Gasteiger partial charge in [0, 0.05) is 11.4 Å². The fourth-order valence-corrected chi connectivity index (χ4v) is 1.80. The van der Waals surface area contributed by atoms with Crippen LogP contribution < -0.4 is 4.90 Å². The smallest absolute Gasteiger partial charge is 0.273 e. The number of hydrogen-bond acceptors (Lipinski definition) is 3. The molecule has 1 amide bonds. The van der Waals surface area contributed by atoms with Crippen molar-refractivity contribution in [3.63, 3.8) is 0 Å². The van der Waals surface area contributed by atoms with Crippen LogP contribution in [0.15, 0.2) is 47.7 Å². The van der Waals surface area contributed by atoms with Gasteiger partial charge in [-0.3, -0.25) is 9.69 Å². The molecular formula is C14H9N3O. The number of benzene rings is 1. The average Bonchev–Trinajstić information content (AvgIpc) is 2.60. The molecule has 4 heteroatoms. The Balaban J connectivity index is 2.43. The first-order valence-corrected chi connectivity index (χ1v) is 5.25. The van der Waals surface area contributed by atoms with Crippen LogP contribution in [0, 0.1) is 22.7 Å². The maximum atomic E-state index is 12.0. The summed E-state index contributed by atoms with van der Waals surface area (Å²) in [4.78, 5) is 13.4. The van der Waals surface area contributed by atoms with Gasteiger partial charge in [0.2, 0.25) is 0 Å². The minimum Gasteiger partial charge on any atom is -0.277 e. The monoisotopic (exact) mass is 235 g/mol. The van der Waals surface area contributed by atoms with Gasteiger partial charge >= 0.3 is 0 Å². The van der Waals surface area contributed by atoms with Crippen LogP contribution in [0.5, 0.6) is 0 Å². The molecule has 0 bridgehead atoms. The van der Waals surface area contributed by atoms with Gasteiger partial charge in [0.15, 0.2) is 0 Å². The summed E-state index contributed by atoms with van der Waals surface area (Å²) < 4.78 is 0. The zero-order valence-electron chi connectivity index (χ0n) is 9.77. The predicted octanol–water partition coefficient (Wildman–Crippen LogP) is 2.26. The summed E-state index contributed by atoms with van der Waals surface area (Å²) in [5.41, 5.74) is 2.33. The van der Waals surface area contributed by atoms with Crippen LogP contribution in [-0.2, 0) is 4.79 Å². The molecular weight excluding hydrogens is 226 g/mol. The highest BCUT2D eigenvalue weighted by molar-refractivity contribution is 6.15. The van der Waals surface area contributed by atoms with Gasteiger partial charge in [-0.1, -0.05) is 6.58 Å². The van der Waals surface area contributed by atoms with E-state index in [9.17, 15) is 4.79 Å². The van der Waals surface area contributed by atoms with Crippen molar-refractivity contribution in [2.75, 3.05) is 4.90 Å². The highest BCUT2D eigenvalue weighted by Gasteiger charge is 2.32. The van der Waals surface area contributed by atoms with Crippen molar-refractivity contribution < 1.29 is 4.79 Å². The van der Waals surface area contributed by atoms with Gasteiger partial charge in [-0.05, 0) is 36.8 Å². The predicted molar refractivity (Wildman–Crippen MR) is 66.1 cm³/mol. The minimum absolute atomic E-state index is 0.115. The normalized spacial score (nSPS) is 14.7. The number of anilines is 1. The second kappa shape index (κ2) is 4.20. The molecule has 0 aliphatic carbocycles. The number of nitriles is 2. The first kappa shape index (κ1) is 11.6. The van der Waals surface area contributed by atoms with E-state index in [4.69, 9.17) is 10.5 Å². The summed E-state index contributed by atoms with van der Waals surface area (Å²) in [5.74, 6) is -0.371. The molecule has 0 saturated carbocycles. The molecule has 0 radical (unpaired) electrons. The van der Waals surface area contributed by atoms with Crippen molar-refractivity contribution in [2.45, 2.75) is 6.92 Å². The molecule has 0 N–H and O–H groups in total. The van der Waals surface area contributed by atoms with Crippen LogP contribution in [0.4, 0.5) is 5.69 Å². The Labute approximate surface area is 105 Å². The lowest BCUT2D eigenvalue weighted by Crippen LogP contribution is -2.24. The van der Waals surface area contributed by atoms with Crippen molar-refractivity contribution in [3.8, 4) is 12.1 Å². The Morgan fingerprint density at radius 3 is 2.22 bits per heavy atom. The first-order chi connectivity index (χ1) is 8.60. The molecule has 1 heterocycles. The number of carbonyl (C=O) groups excluding carboxylic acids is 1. The van der Waals surface area contributed by atoms with Crippen molar-refractivity contribution in [1.29, 1.82) is 10.5 Å². The second-order valence-electron chi connectivity index (χ2n) is 3.86.